The lowest BCUT2D eigenvalue weighted by molar-refractivity contribution is -0.123. The molecule has 0 saturated carbocycles. The Labute approximate surface area is 100 Å². The van der Waals surface area contributed by atoms with E-state index >= 15 is 0 Å². The second kappa shape index (κ2) is 4.44. The highest BCUT2D eigenvalue weighted by atomic mass is 35.5. The Balaban J connectivity index is 2.19. The van der Waals surface area contributed by atoms with Crippen molar-refractivity contribution in [3.63, 3.8) is 0 Å². The average molecular weight is 239 g/mol. The molecule has 1 amide bonds. The molecule has 0 aliphatic carbocycles. The lowest BCUT2D eigenvalue weighted by atomic mass is 9.99. The van der Waals surface area contributed by atoms with Gasteiger partial charge >= 0.3 is 0 Å². The van der Waals surface area contributed by atoms with Crippen molar-refractivity contribution in [2.45, 2.75) is 25.9 Å². The lowest BCUT2D eigenvalue weighted by Gasteiger charge is -2.32. The molecule has 0 saturated heterocycles. The molecule has 86 valence electrons. The second-order valence-corrected chi connectivity index (χ2v) is 4.65. The minimum atomic E-state index is -0.273. The first-order valence-electron chi connectivity index (χ1n) is 5.38. The SMILES string of the molecule is C[C@H](C(N)=O)N1CCc2ccc(Cl)cc2C1. The second-order valence-electron chi connectivity index (χ2n) is 4.21. The first kappa shape index (κ1) is 11.4. The summed E-state index contributed by atoms with van der Waals surface area (Å²) >= 11 is 5.96. The molecule has 0 unspecified atom stereocenters. The first-order chi connectivity index (χ1) is 7.58. The predicted octanol–water partition coefficient (Wildman–Crippen LogP) is 1.57. The van der Waals surface area contributed by atoms with Crippen LogP contribution in [0.25, 0.3) is 0 Å². The van der Waals surface area contributed by atoms with Gasteiger partial charge in [-0.1, -0.05) is 17.7 Å². The minimum absolute atomic E-state index is 0.216. The quantitative estimate of drug-likeness (QED) is 0.850. The fourth-order valence-corrected chi connectivity index (χ4v) is 2.25. The molecule has 0 aromatic heterocycles. The van der Waals surface area contributed by atoms with E-state index in [4.69, 9.17) is 17.3 Å². The summed E-state index contributed by atoms with van der Waals surface area (Å²) in [5.74, 6) is -0.273. The number of rotatable bonds is 2. The van der Waals surface area contributed by atoms with E-state index in [0.29, 0.717) is 0 Å². The van der Waals surface area contributed by atoms with Crippen molar-refractivity contribution in [2.24, 2.45) is 5.73 Å². The molecule has 4 heteroatoms. The van der Waals surface area contributed by atoms with Crippen LogP contribution in [0, 0.1) is 0 Å². The molecule has 1 aromatic rings. The Morgan fingerprint density at radius 3 is 2.94 bits per heavy atom. The molecule has 2 N–H and O–H groups in total. The molecule has 0 spiro atoms. The van der Waals surface area contributed by atoms with E-state index in [2.05, 4.69) is 11.0 Å². The number of hydrogen-bond acceptors (Lipinski definition) is 2. The van der Waals surface area contributed by atoms with Gasteiger partial charge in [0, 0.05) is 18.1 Å². The number of benzene rings is 1. The van der Waals surface area contributed by atoms with Crippen molar-refractivity contribution in [1.82, 2.24) is 4.90 Å². The topological polar surface area (TPSA) is 46.3 Å². The summed E-state index contributed by atoms with van der Waals surface area (Å²) in [6.07, 6.45) is 0.949. The number of carbonyl (C=O) groups excluding carboxylic acids is 1. The lowest BCUT2D eigenvalue weighted by Crippen LogP contribution is -2.45. The largest absolute Gasteiger partial charge is 0.368 e. The fourth-order valence-electron chi connectivity index (χ4n) is 2.06. The number of primary amides is 1. The van der Waals surface area contributed by atoms with Gasteiger partial charge in [-0.25, -0.2) is 0 Å². The molecule has 1 aliphatic rings. The van der Waals surface area contributed by atoms with Gasteiger partial charge in [-0.15, -0.1) is 0 Å². The zero-order valence-corrected chi connectivity index (χ0v) is 10.00. The standard InChI is InChI=1S/C12H15ClN2O/c1-8(12(14)16)15-5-4-9-2-3-11(13)6-10(9)7-15/h2-3,6,8H,4-5,7H2,1H3,(H2,14,16)/t8-/m1/s1. The van der Waals surface area contributed by atoms with E-state index < -0.39 is 0 Å². The van der Waals surface area contributed by atoms with E-state index in [-0.39, 0.29) is 11.9 Å². The third-order valence-electron chi connectivity index (χ3n) is 3.17. The average Bonchev–Trinajstić information content (AvgIpc) is 2.26. The van der Waals surface area contributed by atoms with Crippen LogP contribution in [0.2, 0.25) is 5.02 Å². The van der Waals surface area contributed by atoms with Gasteiger partial charge in [-0.05, 0) is 36.6 Å². The summed E-state index contributed by atoms with van der Waals surface area (Å²) < 4.78 is 0. The molecule has 16 heavy (non-hydrogen) atoms. The molecular formula is C12H15ClN2O. The molecule has 1 aliphatic heterocycles. The van der Waals surface area contributed by atoms with Crippen LogP contribution in [0.15, 0.2) is 18.2 Å². The van der Waals surface area contributed by atoms with Crippen LogP contribution in [0.3, 0.4) is 0 Å². The molecule has 1 heterocycles. The van der Waals surface area contributed by atoms with Crippen LogP contribution < -0.4 is 5.73 Å². The molecule has 1 aromatic carbocycles. The van der Waals surface area contributed by atoms with Gasteiger partial charge in [-0.2, -0.15) is 0 Å². The third kappa shape index (κ3) is 2.20. The number of amides is 1. The van der Waals surface area contributed by atoms with Crippen molar-refractivity contribution in [1.29, 1.82) is 0 Å². The van der Waals surface area contributed by atoms with Gasteiger partial charge in [0.2, 0.25) is 5.91 Å². The van der Waals surface area contributed by atoms with Gasteiger partial charge < -0.3 is 5.73 Å². The first-order valence-corrected chi connectivity index (χ1v) is 5.76. The number of carbonyl (C=O) groups is 1. The Bertz CT molecular complexity index is 419. The zero-order valence-electron chi connectivity index (χ0n) is 9.24. The van der Waals surface area contributed by atoms with Crippen LogP contribution in [0.5, 0.6) is 0 Å². The summed E-state index contributed by atoms with van der Waals surface area (Å²) in [5.41, 5.74) is 7.83. The maximum absolute atomic E-state index is 11.1. The fraction of sp³-hybridized carbons (Fsp3) is 0.417. The van der Waals surface area contributed by atoms with Gasteiger partial charge in [0.1, 0.15) is 0 Å². The monoisotopic (exact) mass is 238 g/mol. The summed E-state index contributed by atoms with van der Waals surface area (Å²) in [6, 6.07) is 5.72. The maximum Gasteiger partial charge on any atom is 0.234 e. The van der Waals surface area contributed by atoms with Gasteiger partial charge in [0.15, 0.2) is 0 Å². The highest BCUT2D eigenvalue weighted by Gasteiger charge is 2.23. The highest BCUT2D eigenvalue weighted by molar-refractivity contribution is 6.30. The molecule has 3 nitrogen and oxygen atoms in total. The predicted molar refractivity (Wildman–Crippen MR) is 64.2 cm³/mol. The molecule has 0 fully saturated rings. The van der Waals surface area contributed by atoms with Crippen molar-refractivity contribution in [3.05, 3.63) is 34.3 Å². The Morgan fingerprint density at radius 1 is 1.50 bits per heavy atom. The minimum Gasteiger partial charge on any atom is -0.368 e. The molecule has 2 rings (SSSR count). The summed E-state index contributed by atoms with van der Waals surface area (Å²) in [4.78, 5) is 13.2. The van der Waals surface area contributed by atoms with Gasteiger partial charge in [0.25, 0.3) is 0 Å². The van der Waals surface area contributed by atoms with Crippen LogP contribution in [0.4, 0.5) is 0 Å². The molecule has 0 radical (unpaired) electrons. The Kier molecular flexibility index (Phi) is 3.17. The zero-order chi connectivity index (χ0) is 11.7. The van der Waals surface area contributed by atoms with Crippen molar-refractivity contribution in [2.75, 3.05) is 6.54 Å². The van der Waals surface area contributed by atoms with E-state index in [1.54, 1.807) is 0 Å². The number of nitrogens with zero attached hydrogens (tertiary/aromatic N) is 1. The highest BCUT2D eigenvalue weighted by Crippen LogP contribution is 2.23. The summed E-state index contributed by atoms with van der Waals surface area (Å²) in [6.45, 7) is 3.47. The Morgan fingerprint density at radius 2 is 2.25 bits per heavy atom. The van der Waals surface area contributed by atoms with E-state index in [0.717, 1.165) is 24.5 Å². The number of fused-ring (bicyclic) bond motifs is 1. The van der Waals surface area contributed by atoms with Crippen LogP contribution in [0.1, 0.15) is 18.1 Å². The number of hydrogen-bond donors (Lipinski definition) is 1. The number of halogens is 1. The van der Waals surface area contributed by atoms with Crippen molar-refractivity contribution in [3.8, 4) is 0 Å². The Hall–Kier alpha value is -1.06. The van der Waals surface area contributed by atoms with Crippen LogP contribution in [-0.2, 0) is 17.8 Å². The van der Waals surface area contributed by atoms with E-state index in [1.807, 2.05) is 19.1 Å². The molecular weight excluding hydrogens is 224 g/mol. The van der Waals surface area contributed by atoms with E-state index in [9.17, 15) is 4.79 Å². The van der Waals surface area contributed by atoms with Crippen molar-refractivity contribution >= 4 is 17.5 Å². The van der Waals surface area contributed by atoms with Gasteiger partial charge in [-0.3, -0.25) is 9.69 Å². The van der Waals surface area contributed by atoms with E-state index in [1.165, 1.54) is 11.1 Å². The van der Waals surface area contributed by atoms with Crippen LogP contribution >= 0.6 is 11.6 Å². The van der Waals surface area contributed by atoms with Crippen LogP contribution in [-0.4, -0.2) is 23.4 Å². The molecule has 0 bridgehead atoms. The smallest absolute Gasteiger partial charge is 0.234 e. The summed E-state index contributed by atoms with van der Waals surface area (Å²) in [7, 11) is 0. The molecule has 1 atom stereocenters. The third-order valence-corrected chi connectivity index (χ3v) is 3.40. The summed E-state index contributed by atoms with van der Waals surface area (Å²) in [5, 5.41) is 0.743. The maximum atomic E-state index is 11.1. The number of nitrogens with two attached hydrogens (primary N) is 1. The normalized spacial score (nSPS) is 17.9. The van der Waals surface area contributed by atoms with Crippen molar-refractivity contribution < 1.29 is 4.79 Å². The van der Waals surface area contributed by atoms with Gasteiger partial charge in [0.05, 0.1) is 6.04 Å².